The van der Waals surface area contributed by atoms with E-state index in [-0.39, 0.29) is 18.1 Å². The third-order valence-electron chi connectivity index (χ3n) is 4.83. The van der Waals surface area contributed by atoms with Gasteiger partial charge in [-0.1, -0.05) is 6.07 Å². The zero-order valence-electron chi connectivity index (χ0n) is 13.5. The molecule has 0 spiro atoms. The summed E-state index contributed by atoms with van der Waals surface area (Å²) in [4.78, 5) is 21.0. The topological polar surface area (TPSA) is 48.5 Å². The molecule has 5 heteroatoms. The van der Waals surface area contributed by atoms with Crippen molar-refractivity contribution in [2.45, 2.75) is 38.3 Å². The van der Waals surface area contributed by atoms with Gasteiger partial charge >= 0.3 is 6.03 Å². The van der Waals surface area contributed by atoms with Crippen molar-refractivity contribution in [1.82, 2.24) is 20.1 Å². The predicted octanol–water partition coefficient (Wildman–Crippen LogP) is 2.27. The molecule has 2 aliphatic rings. The second kappa shape index (κ2) is 6.65. The smallest absolute Gasteiger partial charge is 0.317 e. The number of pyridine rings is 1. The first kappa shape index (κ1) is 15.3. The standard InChI is InChI=1S/C17H26N4O/c1-13(16-5-3-4-9-18-16)20(2)17(22)19-15-8-10-21(12-15)11-14-6-7-14/h3-5,9,13-15H,6-8,10-12H2,1-2H3,(H,19,22)/t13-,15+/m1/s1. The van der Waals surface area contributed by atoms with Crippen LogP contribution in [0.1, 0.15) is 37.9 Å². The predicted molar refractivity (Wildman–Crippen MR) is 86.5 cm³/mol. The van der Waals surface area contributed by atoms with E-state index in [0.29, 0.717) is 0 Å². The van der Waals surface area contributed by atoms with Gasteiger partial charge in [-0.25, -0.2) is 4.79 Å². The van der Waals surface area contributed by atoms with Crippen LogP contribution in [-0.2, 0) is 0 Å². The van der Waals surface area contributed by atoms with Gasteiger partial charge < -0.3 is 15.1 Å². The van der Waals surface area contributed by atoms with E-state index in [1.165, 1.54) is 19.4 Å². The number of nitrogens with zero attached hydrogens (tertiary/aromatic N) is 3. The highest BCUT2D eigenvalue weighted by Gasteiger charge is 2.30. The second-order valence-electron chi connectivity index (χ2n) is 6.68. The van der Waals surface area contributed by atoms with E-state index < -0.39 is 0 Å². The highest BCUT2D eigenvalue weighted by atomic mass is 16.2. The van der Waals surface area contributed by atoms with Gasteiger partial charge in [-0.2, -0.15) is 0 Å². The highest BCUT2D eigenvalue weighted by Crippen LogP contribution is 2.30. The van der Waals surface area contributed by atoms with Gasteiger partial charge in [0.1, 0.15) is 0 Å². The molecule has 0 radical (unpaired) electrons. The molecule has 1 aliphatic carbocycles. The zero-order valence-corrected chi connectivity index (χ0v) is 13.5. The summed E-state index contributed by atoms with van der Waals surface area (Å²) in [6.07, 6.45) is 5.60. The molecule has 2 fully saturated rings. The molecule has 2 atom stereocenters. The molecule has 2 heterocycles. The Labute approximate surface area is 132 Å². The molecular weight excluding hydrogens is 276 g/mol. The summed E-state index contributed by atoms with van der Waals surface area (Å²) in [5.41, 5.74) is 0.918. The highest BCUT2D eigenvalue weighted by molar-refractivity contribution is 5.74. The van der Waals surface area contributed by atoms with Crippen LogP contribution in [0, 0.1) is 5.92 Å². The van der Waals surface area contributed by atoms with E-state index in [9.17, 15) is 4.79 Å². The van der Waals surface area contributed by atoms with Crippen molar-refractivity contribution in [2.24, 2.45) is 5.92 Å². The number of aromatic nitrogens is 1. The maximum absolute atomic E-state index is 12.4. The van der Waals surface area contributed by atoms with E-state index in [0.717, 1.165) is 31.1 Å². The summed E-state index contributed by atoms with van der Waals surface area (Å²) in [5.74, 6) is 0.918. The lowest BCUT2D eigenvalue weighted by molar-refractivity contribution is 0.189. The van der Waals surface area contributed by atoms with Crippen LogP contribution in [0.4, 0.5) is 4.79 Å². The minimum Gasteiger partial charge on any atom is -0.334 e. The van der Waals surface area contributed by atoms with Crippen molar-refractivity contribution in [3.8, 4) is 0 Å². The van der Waals surface area contributed by atoms with Gasteiger partial charge in [-0.05, 0) is 44.2 Å². The van der Waals surface area contributed by atoms with E-state index in [4.69, 9.17) is 0 Å². The third kappa shape index (κ3) is 3.77. The van der Waals surface area contributed by atoms with Gasteiger partial charge in [0, 0.05) is 38.9 Å². The fourth-order valence-electron chi connectivity index (χ4n) is 3.06. The fourth-order valence-corrected chi connectivity index (χ4v) is 3.06. The largest absolute Gasteiger partial charge is 0.334 e. The van der Waals surface area contributed by atoms with E-state index in [1.807, 2.05) is 32.2 Å². The lowest BCUT2D eigenvalue weighted by Gasteiger charge is -2.26. The number of hydrogen-bond donors (Lipinski definition) is 1. The molecule has 1 saturated carbocycles. The van der Waals surface area contributed by atoms with Crippen LogP contribution < -0.4 is 5.32 Å². The van der Waals surface area contributed by atoms with Crippen LogP contribution in [0.25, 0.3) is 0 Å². The molecule has 0 bridgehead atoms. The maximum Gasteiger partial charge on any atom is 0.317 e. The van der Waals surface area contributed by atoms with Crippen molar-refractivity contribution in [1.29, 1.82) is 0 Å². The Hall–Kier alpha value is -1.62. The Bertz CT molecular complexity index is 503. The molecule has 1 aromatic heterocycles. The van der Waals surface area contributed by atoms with Crippen molar-refractivity contribution >= 4 is 6.03 Å². The number of rotatable bonds is 5. The molecule has 0 aromatic carbocycles. The number of carbonyl (C=O) groups excluding carboxylic acids is 1. The Morgan fingerprint density at radius 1 is 1.45 bits per heavy atom. The van der Waals surface area contributed by atoms with Crippen molar-refractivity contribution in [3.05, 3.63) is 30.1 Å². The van der Waals surface area contributed by atoms with E-state index >= 15 is 0 Å². The van der Waals surface area contributed by atoms with Crippen molar-refractivity contribution < 1.29 is 4.79 Å². The van der Waals surface area contributed by atoms with Gasteiger partial charge in [0.05, 0.1) is 11.7 Å². The average molecular weight is 302 g/mol. The summed E-state index contributed by atoms with van der Waals surface area (Å²) in [6, 6.07) is 6.06. The van der Waals surface area contributed by atoms with Crippen LogP contribution in [0.3, 0.4) is 0 Å². The molecular formula is C17H26N4O. The lowest BCUT2D eigenvalue weighted by Crippen LogP contribution is -2.45. The van der Waals surface area contributed by atoms with Crippen molar-refractivity contribution in [2.75, 3.05) is 26.7 Å². The normalized spacial score (nSPS) is 23.3. The number of amides is 2. The van der Waals surface area contributed by atoms with E-state index in [1.54, 1.807) is 11.1 Å². The molecule has 3 rings (SSSR count). The Morgan fingerprint density at radius 2 is 2.27 bits per heavy atom. The molecule has 1 saturated heterocycles. The van der Waals surface area contributed by atoms with Crippen LogP contribution in [0.2, 0.25) is 0 Å². The SMILES string of the molecule is C[C@H](c1ccccn1)N(C)C(=O)N[C@H]1CCN(CC2CC2)C1. The minimum absolute atomic E-state index is 0.00331. The molecule has 1 aliphatic heterocycles. The number of likely N-dealkylation sites (tertiary alicyclic amines) is 1. The second-order valence-corrected chi connectivity index (χ2v) is 6.68. The number of carbonyl (C=O) groups is 1. The molecule has 5 nitrogen and oxygen atoms in total. The Morgan fingerprint density at radius 3 is 2.95 bits per heavy atom. The van der Waals surface area contributed by atoms with Gasteiger partial charge in [-0.3, -0.25) is 4.98 Å². The quantitative estimate of drug-likeness (QED) is 0.907. The summed E-state index contributed by atoms with van der Waals surface area (Å²) in [7, 11) is 1.84. The monoisotopic (exact) mass is 302 g/mol. The summed E-state index contributed by atoms with van der Waals surface area (Å²) in [5, 5.41) is 3.17. The third-order valence-corrected chi connectivity index (χ3v) is 4.83. The summed E-state index contributed by atoms with van der Waals surface area (Å²) in [6.45, 7) is 5.33. The molecule has 22 heavy (non-hydrogen) atoms. The molecule has 0 unspecified atom stereocenters. The molecule has 120 valence electrons. The first-order chi connectivity index (χ1) is 10.6. The summed E-state index contributed by atoms with van der Waals surface area (Å²) < 4.78 is 0. The summed E-state index contributed by atoms with van der Waals surface area (Å²) >= 11 is 0. The lowest BCUT2D eigenvalue weighted by atomic mass is 10.2. The number of urea groups is 1. The van der Waals surface area contributed by atoms with Crippen LogP contribution in [0.5, 0.6) is 0 Å². The van der Waals surface area contributed by atoms with E-state index in [2.05, 4.69) is 15.2 Å². The first-order valence-corrected chi connectivity index (χ1v) is 8.30. The van der Waals surface area contributed by atoms with Gasteiger partial charge in [0.2, 0.25) is 0 Å². The van der Waals surface area contributed by atoms with Crippen LogP contribution >= 0.6 is 0 Å². The first-order valence-electron chi connectivity index (χ1n) is 8.30. The molecule has 1 N–H and O–H groups in total. The van der Waals surface area contributed by atoms with Crippen LogP contribution in [-0.4, -0.2) is 53.5 Å². The Kier molecular flexibility index (Phi) is 4.62. The molecule has 2 amide bonds. The Balaban J connectivity index is 1.48. The zero-order chi connectivity index (χ0) is 15.5. The fraction of sp³-hybridized carbons (Fsp3) is 0.647. The van der Waals surface area contributed by atoms with Crippen LogP contribution in [0.15, 0.2) is 24.4 Å². The number of nitrogens with one attached hydrogen (secondary N) is 1. The van der Waals surface area contributed by atoms with Crippen molar-refractivity contribution in [3.63, 3.8) is 0 Å². The molecule has 1 aromatic rings. The van der Waals surface area contributed by atoms with Gasteiger partial charge in [-0.15, -0.1) is 0 Å². The van der Waals surface area contributed by atoms with Gasteiger partial charge in [0.15, 0.2) is 0 Å². The maximum atomic E-state index is 12.4. The minimum atomic E-state index is -0.0230. The number of hydrogen-bond acceptors (Lipinski definition) is 3. The van der Waals surface area contributed by atoms with Gasteiger partial charge in [0.25, 0.3) is 0 Å². The average Bonchev–Trinajstić information content (AvgIpc) is 3.25.